The lowest BCUT2D eigenvalue weighted by atomic mass is 10.3. The predicted molar refractivity (Wildman–Crippen MR) is 102 cm³/mol. The zero-order valence-electron chi connectivity index (χ0n) is 14.7. The Kier molecular flexibility index (Phi) is 6.50. The average Bonchev–Trinajstić information content (AvgIpc) is 2.56. The Balaban J connectivity index is 2.05. The van der Waals surface area contributed by atoms with Gasteiger partial charge in [-0.15, -0.1) is 0 Å². The quantitative estimate of drug-likeness (QED) is 0.750. The summed E-state index contributed by atoms with van der Waals surface area (Å²) in [5.74, 6) is 0.169. The molecular formula is C18H21ClN2O4S. The highest BCUT2D eigenvalue weighted by atomic mass is 35.5. The van der Waals surface area contributed by atoms with Gasteiger partial charge in [-0.1, -0.05) is 11.6 Å². The van der Waals surface area contributed by atoms with Crippen LogP contribution in [0.15, 0.2) is 53.4 Å². The van der Waals surface area contributed by atoms with Crippen LogP contribution in [0.25, 0.3) is 0 Å². The smallest absolute Gasteiger partial charge is 0.261 e. The highest BCUT2D eigenvalue weighted by molar-refractivity contribution is 7.92. The van der Waals surface area contributed by atoms with Gasteiger partial charge in [0.05, 0.1) is 4.90 Å². The number of amides is 1. The second-order valence-corrected chi connectivity index (χ2v) is 8.13. The van der Waals surface area contributed by atoms with Gasteiger partial charge < -0.3 is 10.1 Å². The average molecular weight is 397 g/mol. The summed E-state index contributed by atoms with van der Waals surface area (Å²) >= 11 is 5.79. The van der Waals surface area contributed by atoms with Crippen LogP contribution >= 0.6 is 11.6 Å². The van der Waals surface area contributed by atoms with Crippen molar-refractivity contribution in [3.05, 3.63) is 53.6 Å². The van der Waals surface area contributed by atoms with E-state index < -0.39 is 16.1 Å². The molecule has 6 nitrogen and oxygen atoms in total. The lowest BCUT2D eigenvalue weighted by Crippen LogP contribution is -2.40. The molecule has 2 aromatic rings. The van der Waals surface area contributed by atoms with Gasteiger partial charge in [-0.2, -0.15) is 0 Å². The first kappa shape index (κ1) is 20.1. The van der Waals surface area contributed by atoms with E-state index in [1.54, 1.807) is 31.2 Å². The summed E-state index contributed by atoms with van der Waals surface area (Å²) in [7, 11) is -3.73. The van der Waals surface area contributed by atoms with Gasteiger partial charge in [0.15, 0.2) is 6.10 Å². The molecule has 0 saturated heterocycles. The summed E-state index contributed by atoms with van der Waals surface area (Å²) in [4.78, 5) is 11.9. The first-order chi connectivity index (χ1) is 12.2. The monoisotopic (exact) mass is 396 g/mol. The number of benzene rings is 2. The second-order valence-electron chi connectivity index (χ2n) is 6.01. The van der Waals surface area contributed by atoms with E-state index >= 15 is 0 Å². The Bertz CT molecular complexity index is 850. The Labute approximate surface area is 158 Å². The van der Waals surface area contributed by atoms with E-state index in [1.807, 2.05) is 13.8 Å². The first-order valence-corrected chi connectivity index (χ1v) is 9.89. The summed E-state index contributed by atoms with van der Waals surface area (Å²) < 4.78 is 32.8. The molecule has 26 heavy (non-hydrogen) atoms. The van der Waals surface area contributed by atoms with Crippen LogP contribution in [0.2, 0.25) is 5.02 Å². The third-order valence-electron chi connectivity index (χ3n) is 3.34. The molecule has 2 aromatic carbocycles. The number of rotatable bonds is 7. The maximum absolute atomic E-state index is 12.4. The van der Waals surface area contributed by atoms with Gasteiger partial charge in [0, 0.05) is 16.8 Å². The molecule has 0 aliphatic heterocycles. The normalized spacial score (nSPS) is 12.5. The SMILES string of the molecule is CC(C)NC(=O)[C@H](C)Oc1ccc(S(=O)(=O)Nc2ccc(Cl)cc2)cc1. The fraction of sp³-hybridized carbons (Fsp3) is 0.278. The first-order valence-electron chi connectivity index (χ1n) is 8.03. The Hall–Kier alpha value is -2.25. The van der Waals surface area contributed by atoms with Crippen molar-refractivity contribution in [3.63, 3.8) is 0 Å². The van der Waals surface area contributed by atoms with E-state index in [0.29, 0.717) is 16.5 Å². The number of carbonyl (C=O) groups excluding carboxylic acids is 1. The Morgan fingerprint density at radius 3 is 2.12 bits per heavy atom. The summed E-state index contributed by atoms with van der Waals surface area (Å²) in [6.07, 6.45) is -0.688. The van der Waals surface area contributed by atoms with Crippen LogP contribution in [0.4, 0.5) is 5.69 Å². The largest absolute Gasteiger partial charge is 0.481 e. The summed E-state index contributed by atoms with van der Waals surface area (Å²) in [5, 5.41) is 3.27. The molecule has 0 aliphatic carbocycles. The lowest BCUT2D eigenvalue weighted by Gasteiger charge is -2.16. The summed E-state index contributed by atoms with van der Waals surface area (Å²) in [6, 6.07) is 12.2. The molecule has 0 unspecified atom stereocenters. The molecule has 0 bridgehead atoms. The molecule has 0 aromatic heterocycles. The lowest BCUT2D eigenvalue weighted by molar-refractivity contribution is -0.127. The van der Waals surface area contributed by atoms with Gasteiger partial charge in [-0.25, -0.2) is 8.42 Å². The highest BCUT2D eigenvalue weighted by Crippen LogP contribution is 2.21. The standard InChI is InChI=1S/C18H21ClN2O4S/c1-12(2)20-18(22)13(3)25-16-8-10-17(11-9-16)26(23,24)21-15-6-4-14(19)5-7-15/h4-13,21H,1-3H3,(H,20,22)/t13-/m0/s1. The minimum atomic E-state index is -3.73. The van der Waals surface area contributed by atoms with Crippen LogP contribution in [0.1, 0.15) is 20.8 Å². The number of halogens is 1. The molecule has 0 radical (unpaired) electrons. The predicted octanol–water partition coefficient (Wildman–Crippen LogP) is 3.43. The van der Waals surface area contributed by atoms with Crippen molar-refractivity contribution in [2.75, 3.05) is 4.72 Å². The Morgan fingerprint density at radius 2 is 1.58 bits per heavy atom. The van der Waals surface area contributed by atoms with Gasteiger partial charge in [0.2, 0.25) is 0 Å². The highest BCUT2D eigenvalue weighted by Gasteiger charge is 2.17. The molecule has 0 fully saturated rings. The molecule has 1 amide bonds. The third-order valence-corrected chi connectivity index (χ3v) is 4.99. The van der Waals surface area contributed by atoms with Crippen molar-refractivity contribution in [1.82, 2.24) is 5.32 Å². The van der Waals surface area contributed by atoms with Crippen LogP contribution < -0.4 is 14.8 Å². The topological polar surface area (TPSA) is 84.5 Å². The zero-order chi connectivity index (χ0) is 19.3. The molecule has 2 rings (SSSR count). The number of anilines is 1. The number of sulfonamides is 1. The van der Waals surface area contributed by atoms with E-state index in [9.17, 15) is 13.2 Å². The molecule has 0 spiro atoms. The van der Waals surface area contributed by atoms with Gasteiger partial charge in [0.25, 0.3) is 15.9 Å². The number of ether oxygens (including phenoxy) is 1. The number of carbonyl (C=O) groups is 1. The third kappa shape index (κ3) is 5.64. The van der Waals surface area contributed by atoms with E-state index in [4.69, 9.17) is 16.3 Å². The summed E-state index contributed by atoms with van der Waals surface area (Å²) in [6.45, 7) is 5.35. The molecule has 0 aliphatic rings. The van der Waals surface area contributed by atoms with Gasteiger partial charge in [-0.05, 0) is 69.3 Å². The van der Waals surface area contributed by atoms with E-state index in [0.717, 1.165) is 0 Å². The van der Waals surface area contributed by atoms with Crippen molar-refractivity contribution in [2.24, 2.45) is 0 Å². The maximum atomic E-state index is 12.4. The fourth-order valence-corrected chi connectivity index (χ4v) is 3.27. The van der Waals surface area contributed by atoms with Crippen LogP contribution in [-0.2, 0) is 14.8 Å². The molecule has 0 saturated carbocycles. The molecular weight excluding hydrogens is 376 g/mol. The van der Waals surface area contributed by atoms with Gasteiger partial charge >= 0.3 is 0 Å². The second kappa shape index (κ2) is 8.42. The van der Waals surface area contributed by atoms with Crippen molar-refractivity contribution < 1.29 is 17.9 Å². The van der Waals surface area contributed by atoms with Crippen molar-refractivity contribution >= 4 is 33.2 Å². The summed E-state index contributed by atoms with van der Waals surface area (Å²) in [5.41, 5.74) is 0.411. The molecule has 2 N–H and O–H groups in total. The van der Waals surface area contributed by atoms with E-state index in [2.05, 4.69) is 10.0 Å². The van der Waals surface area contributed by atoms with Crippen LogP contribution in [0.3, 0.4) is 0 Å². The fourth-order valence-electron chi connectivity index (χ4n) is 2.09. The van der Waals surface area contributed by atoms with E-state index in [-0.39, 0.29) is 16.8 Å². The number of nitrogens with one attached hydrogen (secondary N) is 2. The van der Waals surface area contributed by atoms with Crippen LogP contribution in [-0.4, -0.2) is 26.5 Å². The van der Waals surface area contributed by atoms with Gasteiger partial charge in [-0.3, -0.25) is 9.52 Å². The zero-order valence-corrected chi connectivity index (χ0v) is 16.3. The minimum absolute atomic E-state index is 0.0139. The van der Waals surface area contributed by atoms with Crippen LogP contribution in [0, 0.1) is 0 Å². The number of hydrogen-bond acceptors (Lipinski definition) is 4. The van der Waals surface area contributed by atoms with Gasteiger partial charge in [0.1, 0.15) is 5.75 Å². The maximum Gasteiger partial charge on any atom is 0.261 e. The number of hydrogen-bond donors (Lipinski definition) is 2. The van der Waals surface area contributed by atoms with Crippen LogP contribution in [0.5, 0.6) is 5.75 Å². The molecule has 140 valence electrons. The van der Waals surface area contributed by atoms with E-state index in [1.165, 1.54) is 24.3 Å². The molecule has 0 heterocycles. The van der Waals surface area contributed by atoms with Crippen molar-refractivity contribution in [3.8, 4) is 5.75 Å². The Morgan fingerprint density at radius 1 is 1.00 bits per heavy atom. The molecule has 8 heteroatoms. The van der Waals surface area contributed by atoms with Crippen molar-refractivity contribution in [1.29, 1.82) is 0 Å². The molecule has 1 atom stereocenters. The minimum Gasteiger partial charge on any atom is -0.481 e. The van der Waals surface area contributed by atoms with Crippen molar-refractivity contribution in [2.45, 2.75) is 37.8 Å².